The molecule has 0 aromatic heterocycles. The fraction of sp³-hybridized carbons (Fsp3) is 0.526. The zero-order valence-electron chi connectivity index (χ0n) is 15.1. The summed E-state index contributed by atoms with van der Waals surface area (Å²) in [7, 11) is 0. The summed E-state index contributed by atoms with van der Waals surface area (Å²) < 4.78 is 0. The molecule has 2 rings (SSSR count). The Bertz CT molecular complexity index is 629. The summed E-state index contributed by atoms with van der Waals surface area (Å²) in [6.07, 6.45) is 3.96. The Balaban J connectivity index is 2.16. The van der Waals surface area contributed by atoms with Gasteiger partial charge in [0.1, 0.15) is 6.04 Å². The first-order valence-electron chi connectivity index (χ1n) is 9.10. The van der Waals surface area contributed by atoms with Gasteiger partial charge in [-0.05, 0) is 31.4 Å². The van der Waals surface area contributed by atoms with Gasteiger partial charge >= 0.3 is 5.97 Å². The van der Waals surface area contributed by atoms with Gasteiger partial charge in [-0.15, -0.1) is 0 Å². The zero-order valence-corrected chi connectivity index (χ0v) is 15.1. The van der Waals surface area contributed by atoms with Crippen LogP contribution in [0.5, 0.6) is 0 Å². The molecule has 0 saturated heterocycles. The molecule has 142 valence electrons. The molecule has 1 aliphatic rings. The molecule has 1 saturated carbocycles. The SMILES string of the molecule is CCC(NC(=O)[C@@H](N)CC(=O)O)C(=O)N(c1ccccc1)C1CCCC1. The van der Waals surface area contributed by atoms with E-state index in [9.17, 15) is 14.4 Å². The van der Waals surface area contributed by atoms with E-state index >= 15 is 0 Å². The minimum atomic E-state index is -1.17. The molecule has 2 atom stereocenters. The Hall–Kier alpha value is -2.41. The number of carboxylic acids is 1. The maximum Gasteiger partial charge on any atom is 0.305 e. The van der Waals surface area contributed by atoms with E-state index in [1.807, 2.05) is 37.3 Å². The summed E-state index contributed by atoms with van der Waals surface area (Å²) in [5, 5.41) is 11.4. The smallest absolute Gasteiger partial charge is 0.305 e. The first-order chi connectivity index (χ1) is 12.4. The second kappa shape index (κ2) is 9.33. The molecular formula is C19H27N3O4. The summed E-state index contributed by atoms with van der Waals surface area (Å²) in [5.41, 5.74) is 6.42. The lowest BCUT2D eigenvalue weighted by atomic mass is 10.1. The van der Waals surface area contributed by atoms with Crippen molar-refractivity contribution in [3.05, 3.63) is 30.3 Å². The Morgan fingerprint density at radius 1 is 1.23 bits per heavy atom. The Labute approximate surface area is 153 Å². The Kier molecular flexibility index (Phi) is 7.15. The summed E-state index contributed by atoms with van der Waals surface area (Å²) in [6, 6.07) is 7.64. The lowest BCUT2D eigenvalue weighted by molar-refractivity contribution is -0.139. The van der Waals surface area contributed by atoms with E-state index in [0.29, 0.717) is 6.42 Å². The van der Waals surface area contributed by atoms with Crippen LogP contribution in [-0.2, 0) is 14.4 Å². The molecule has 1 unspecified atom stereocenters. The van der Waals surface area contributed by atoms with Crippen molar-refractivity contribution >= 4 is 23.5 Å². The molecule has 0 radical (unpaired) electrons. The molecule has 7 heteroatoms. The third-order valence-electron chi connectivity index (χ3n) is 4.72. The highest BCUT2D eigenvalue weighted by Crippen LogP contribution is 2.29. The average molecular weight is 361 g/mol. The minimum Gasteiger partial charge on any atom is -0.481 e. The number of rotatable bonds is 8. The van der Waals surface area contributed by atoms with Crippen molar-refractivity contribution in [2.24, 2.45) is 5.73 Å². The van der Waals surface area contributed by atoms with Gasteiger partial charge < -0.3 is 21.1 Å². The van der Waals surface area contributed by atoms with Crippen LogP contribution in [0, 0.1) is 0 Å². The van der Waals surface area contributed by atoms with Crippen LogP contribution in [0.3, 0.4) is 0 Å². The fourth-order valence-electron chi connectivity index (χ4n) is 3.33. The van der Waals surface area contributed by atoms with Crippen molar-refractivity contribution in [2.45, 2.75) is 63.6 Å². The second-order valence-corrected chi connectivity index (χ2v) is 6.66. The lowest BCUT2D eigenvalue weighted by Crippen LogP contribution is -2.54. The molecule has 2 amide bonds. The monoisotopic (exact) mass is 361 g/mol. The molecule has 1 fully saturated rings. The number of amides is 2. The van der Waals surface area contributed by atoms with Gasteiger partial charge in [0, 0.05) is 11.7 Å². The topological polar surface area (TPSA) is 113 Å². The van der Waals surface area contributed by atoms with Crippen molar-refractivity contribution in [3.8, 4) is 0 Å². The lowest BCUT2D eigenvalue weighted by Gasteiger charge is -2.32. The minimum absolute atomic E-state index is 0.114. The number of benzene rings is 1. The largest absolute Gasteiger partial charge is 0.481 e. The van der Waals surface area contributed by atoms with E-state index in [1.165, 1.54) is 0 Å². The normalized spacial score (nSPS) is 16.7. The molecule has 0 spiro atoms. The second-order valence-electron chi connectivity index (χ2n) is 6.66. The number of carbonyl (C=O) groups excluding carboxylic acids is 2. The number of carbonyl (C=O) groups is 3. The highest BCUT2D eigenvalue weighted by molar-refractivity contribution is 6.00. The van der Waals surface area contributed by atoms with Crippen molar-refractivity contribution < 1.29 is 19.5 Å². The number of carboxylic acid groups (broad SMARTS) is 1. The fourth-order valence-corrected chi connectivity index (χ4v) is 3.33. The maximum absolute atomic E-state index is 13.2. The van der Waals surface area contributed by atoms with E-state index in [2.05, 4.69) is 5.32 Å². The predicted molar refractivity (Wildman–Crippen MR) is 98.6 cm³/mol. The quantitative estimate of drug-likeness (QED) is 0.652. The third-order valence-corrected chi connectivity index (χ3v) is 4.72. The molecule has 26 heavy (non-hydrogen) atoms. The molecule has 1 aromatic rings. The van der Waals surface area contributed by atoms with Gasteiger partial charge in [-0.1, -0.05) is 38.0 Å². The van der Waals surface area contributed by atoms with Crippen LogP contribution >= 0.6 is 0 Å². The predicted octanol–water partition coefficient (Wildman–Crippen LogP) is 1.66. The van der Waals surface area contributed by atoms with Gasteiger partial charge in [0.2, 0.25) is 11.8 Å². The Morgan fingerprint density at radius 2 is 1.85 bits per heavy atom. The number of aliphatic carboxylic acids is 1. The van der Waals surface area contributed by atoms with E-state index in [0.717, 1.165) is 31.4 Å². The van der Waals surface area contributed by atoms with Crippen LogP contribution in [0.2, 0.25) is 0 Å². The average Bonchev–Trinajstić information content (AvgIpc) is 3.14. The molecule has 7 nitrogen and oxygen atoms in total. The van der Waals surface area contributed by atoms with Crippen LogP contribution < -0.4 is 16.0 Å². The number of nitrogens with zero attached hydrogens (tertiary/aromatic N) is 1. The number of hydrogen-bond donors (Lipinski definition) is 3. The summed E-state index contributed by atoms with van der Waals surface area (Å²) in [4.78, 5) is 37.9. The molecule has 0 aliphatic heterocycles. The van der Waals surface area contributed by atoms with Gasteiger partial charge in [-0.25, -0.2) is 0 Å². The van der Waals surface area contributed by atoms with Crippen molar-refractivity contribution in [1.29, 1.82) is 0 Å². The van der Waals surface area contributed by atoms with E-state index in [1.54, 1.807) is 4.90 Å². The van der Waals surface area contributed by atoms with E-state index in [4.69, 9.17) is 10.8 Å². The van der Waals surface area contributed by atoms with Crippen LogP contribution in [0.1, 0.15) is 45.4 Å². The summed E-state index contributed by atoms with van der Waals surface area (Å²) in [5.74, 6) is -1.95. The molecular weight excluding hydrogens is 334 g/mol. The third kappa shape index (κ3) is 5.05. The Morgan fingerprint density at radius 3 is 2.38 bits per heavy atom. The van der Waals surface area contributed by atoms with E-state index in [-0.39, 0.29) is 11.9 Å². The van der Waals surface area contributed by atoms with Gasteiger partial charge in [0.05, 0.1) is 12.5 Å². The first kappa shape index (κ1) is 19.9. The van der Waals surface area contributed by atoms with Gasteiger partial charge in [0.25, 0.3) is 0 Å². The van der Waals surface area contributed by atoms with Gasteiger partial charge in [-0.2, -0.15) is 0 Å². The van der Waals surface area contributed by atoms with Crippen molar-refractivity contribution in [1.82, 2.24) is 5.32 Å². The summed E-state index contributed by atoms with van der Waals surface area (Å²) in [6.45, 7) is 1.81. The van der Waals surface area contributed by atoms with Crippen molar-refractivity contribution in [2.75, 3.05) is 4.90 Å². The molecule has 0 bridgehead atoms. The standard InChI is InChI=1S/C19H27N3O4/c1-2-16(21-18(25)15(20)12-17(23)24)19(26)22(14-10-6-7-11-14)13-8-4-3-5-9-13/h3-5,8-9,14-16H,2,6-7,10-12,20H2,1H3,(H,21,25)(H,23,24)/t15-,16?/m0/s1. The number of nitrogens with two attached hydrogens (primary N) is 1. The first-order valence-corrected chi connectivity index (χ1v) is 9.10. The number of hydrogen-bond acceptors (Lipinski definition) is 4. The molecule has 4 N–H and O–H groups in total. The highest BCUT2D eigenvalue weighted by Gasteiger charge is 2.33. The number of anilines is 1. The van der Waals surface area contributed by atoms with Crippen LogP contribution in [0.15, 0.2) is 30.3 Å². The van der Waals surface area contributed by atoms with Gasteiger partial charge in [0.15, 0.2) is 0 Å². The molecule has 0 heterocycles. The van der Waals surface area contributed by atoms with Crippen LogP contribution in [0.25, 0.3) is 0 Å². The van der Waals surface area contributed by atoms with Crippen LogP contribution in [-0.4, -0.2) is 41.0 Å². The number of nitrogens with one attached hydrogen (secondary N) is 1. The van der Waals surface area contributed by atoms with Crippen molar-refractivity contribution in [3.63, 3.8) is 0 Å². The number of para-hydroxylation sites is 1. The summed E-state index contributed by atoms with van der Waals surface area (Å²) >= 11 is 0. The molecule has 1 aromatic carbocycles. The zero-order chi connectivity index (χ0) is 19.1. The maximum atomic E-state index is 13.2. The van der Waals surface area contributed by atoms with Crippen LogP contribution in [0.4, 0.5) is 5.69 Å². The van der Waals surface area contributed by atoms with E-state index < -0.39 is 30.4 Å². The van der Waals surface area contributed by atoms with Gasteiger partial charge in [-0.3, -0.25) is 14.4 Å². The highest BCUT2D eigenvalue weighted by atomic mass is 16.4. The molecule has 1 aliphatic carbocycles.